The fourth-order valence-electron chi connectivity index (χ4n) is 3.63. The van der Waals surface area contributed by atoms with E-state index in [-0.39, 0.29) is 5.92 Å². The summed E-state index contributed by atoms with van der Waals surface area (Å²) in [6.07, 6.45) is 1.43. The summed E-state index contributed by atoms with van der Waals surface area (Å²) in [5.74, 6) is 0.134. The number of aliphatic carboxylic acids is 1. The van der Waals surface area contributed by atoms with Gasteiger partial charge in [0.15, 0.2) is 0 Å². The van der Waals surface area contributed by atoms with Gasteiger partial charge in [-0.2, -0.15) is 5.26 Å². The summed E-state index contributed by atoms with van der Waals surface area (Å²) >= 11 is 0. The van der Waals surface area contributed by atoms with E-state index in [0.717, 1.165) is 23.3 Å². The molecular formula is C17H19N3O2. The van der Waals surface area contributed by atoms with E-state index in [0.29, 0.717) is 12.0 Å². The van der Waals surface area contributed by atoms with Gasteiger partial charge in [-0.1, -0.05) is 13.8 Å². The number of aromatic nitrogens is 2. The second-order valence-electron chi connectivity index (χ2n) is 6.92. The smallest absolute Gasteiger partial charge is 0.309 e. The van der Waals surface area contributed by atoms with Crippen LogP contribution in [0.25, 0.3) is 11.0 Å². The average Bonchev–Trinajstić information content (AvgIpc) is 2.98. The number of aromatic amines is 1. The Balaban J connectivity index is 2.05. The van der Waals surface area contributed by atoms with Gasteiger partial charge in [-0.05, 0) is 43.4 Å². The Morgan fingerprint density at radius 1 is 1.45 bits per heavy atom. The van der Waals surface area contributed by atoms with Crippen molar-refractivity contribution in [3.8, 4) is 6.07 Å². The number of nitrogens with zero attached hydrogens (tertiary/aromatic N) is 2. The van der Waals surface area contributed by atoms with E-state index in [4.69, 9.17) is 5.26 Å². The third kappa shape index (κ3) is 1.83. The van der Waals surface area contributed by atoms with E-state index in [1.54, 1.807) is 12.1 Å². The molecular weight excluding hydrogens is 278 g/mol. The Labute approximate surface area is 129 Å². The molecule has 5 heteroatoms. The van der Waals surface area contributed by atoms with Gasteiger partial charge in [-0.3, -0.25) is 4.79 Å². The van der Waals surface area contributed by atoms with Crippen LogP contribution in [0.4, 0.5) is 0 Å². The van der Waals surface area contributed by atoms with Crippen molar-refractivity contribution in [2.24, 2.45) is 10.8 Å². The largest absolute Gasteiger partial charge is 0.481 e. The second kappa shape index (κ2) is 4.57. The molecule has 1 aromatic heterocycles. The Kier molecular flexibility index (Phi) is 3.03. The van der Waals surface area contributed by atoms with E-state index < -0.39 is 16.8 Å². The number of carbonyl (C=O) groups is 1. The molecule has 1 fully saturated rings. The minimum atomic E-state index is -0.756. The van der Waals surface area contributed by atoms with Gasteiger partial charge < -0.3 is 10.1 Å². The van der Waals surface area contributed by atoms with Crippen LogP contribution < -0.4 is 0 Å². The summed E-state index contributed by atoms with van der Waals surface area (Å²) < 4.78 is 0. The predicted molar refractivity (Wildman–Crippen MR) is 82.3 cm³/mol. The highest BCUT2D eigenvalue weighted by Crippen LogP contribution is 2.59. The molecule has 1 aliphatic carbocycles. The molecule has 1 aliphatic rings. The maximum atomic E-state index is 11.7. The third-order valence-electron chi connectivity index (χ3n) is 5.66. The lowest BCUT2D eigenvalue weighted by atomic mass is 9.65. The average molecular weight is 297 g/mol. The molecule has 1 heterocycles. The highest BCUT2D eigenvalue weighted by Gasteiger charge is 2.57. The number of fused-ring (bicyclic) bond motifs is 1. The van der Waals surface area contributed by atoms with Crippen LogP contribution in [-0.2, 0) is 4.79 Å². The molecule has 22 heavy (non-hydrogen) atoms. The molecule has 1 saturated carbocycles. The van der Waals surface area contributed by atoms with Crippen LogP contribution >= 0.6 is 0 Å². The first-order valence-corrected chi connectivity index (χ1v) is 7.43. The van der Waals surface area contributed by atoms with Crippen molar-refractivity contribution in [1.29, 1.82) is 5.26 Å². The van der Waals surface area contributed by atoms with Gasteiger partial charge in [-0.25, -0.2) is 4.98 Å². The summed E-state index contributed by atoms with van der Waals surface area (Å²) in [7, 11) is 0. The normalized spacial score (nSPS) is 26.9. The minimum Gasteiger partial charge on any atom is -0.481 e. The number of nitriles is 1. The molecule has 0 saturated heterocycles. The molecule has 2 atom stereocenters. The van der Waals surface area contributed by atoms with Crippen LogP contribution in [0, 0.1) is 22.2 Å². The standard InChI is InChI=1S/C17H19N3O2/c1-16(2)11(6-7-17(16,3)15(21)22)14-19-12-5-4-10(9-18)8-13(12)20-14/h4-5,8,11H,6-7H2,1-3H3,(H,19,20)(H,21,22)/t11-,17+/m1/s1. The molecule has 0 spiro atoms. The maximum absolute atomic E-state index is 11.7. The molecule has 3 rings (SSSR count). The van der Waals surface area contributed by atoms with Crippen molar-refractivity contribution < 1.29 is 9.90 Å². The number of hydrogen-bond donors (Lipinski definition) is 2. The molecule has 1 aromatic carbocycles. The quantitative estimate of drug-likeness (QED) is 0.888. The summed E-state index contributed by atoms with van der Waals surface area (Å²) in [4.78, 5) is 19.6. The minimum absolute atomic E-state index is 0.0616. The number of carboxylic acid groups (broad SMARTS) is 1. The SMILES string of the molecule is CC1(C)[C@@H](c2nc3ccc(C#N)cc3[nH]2)CC[C@@]1(C)C(=O)O. The summed E-state index contributed by atoms with van der Waals surface area (Å²) in [6, 6.07) is 7.47. The molecule has 0 amide bonds. The van der Waals surface area contributed by atoms with E-state index in [9.17, 15) is 9.90 Å². The van der Waals surface area contributed by atoms with E-state index in [1.807, 2.05) is 26.8 Å². The number of imidazole rings is 1. The Bertz CT molecular complexity index is 800. The number of H-pyrrole nitrogens is 1. The zero-order valence-electron chi connectivity index (χ0n) is 13.0. The predicted octanol–water partition coefficient (Wildman–Crippen LogP) is 3.43. The summed E-state index contributed by atoms with van der Waals surface area (Å²) in [6.45, 7) is 5.84. The number of carboxylic acids is 1. The van der Waals surface area contributed by atoms with Crippen LogP contribution in [0.1, 0.15) is 50.9 Å². The molecule has 0 bridgehead atoms. The zero-order chi connectivity index (χ0) is 16.1. The van der Waals surface area contributed by atoms with Crippen LogP contribution in [0.2, 0.25) is 0 Å². The first-order valence-electron chi connectivity index (χ1n) is 7.43. The van der Waals surface area contributed by atoms with E-state index >= 15 is 0 Å². The molecule has 5 nitrogen and oxygen atoms in total. The molecule has 0 unspecified atom stereocenters. The van der Waals surface area contributed by atoms with Crippen LogP contribution in [0.5, 0.6) is 0 Å². The number of hydrogen-bond acceptors (Lipinski definition) is 3. The summed E-state index contributed by atoms with van der Waals surface area (Å²) in [5.41, 5.74) is 1.07. The van der Waals surface area contributed by atoms with Gasteiger partial charge >= 0.3 is 5.97 Å². The molecule has 0 aliphatic heterocycles. The lowest BCUT2D eigenvalue weighted by molar-refractivity contribution is -0.153. The van der Waals surface area contributed by atoms with Crippen LogP contribution in [0.15, 0.2) is 18.2 Å². The van der Waals surface area contributed by atoms with Gasteiger partial charge in [0.1, 0.15) is 5.82 Å². The second-order valence-corrected chi connectivity index (χ2v) is 6.92. The van der Waals surface area contributed by atoms with Gasteiger partial charge in [0.25, 0.3) is 0 Å². The number of benzene rings is 1. The third-order valence-corrected chi connectivity index (χ3v) is 5.66. The van der Waals surface area contributed by atoms with E-state index in [2.05, 4.69) is 16.0 Å². The number of rotatable bonds is 2. The van der Waals surface area contributed by atoms with Crippen molar-refractivity contribution in [1.82, 2.24) is 9.97 Å². The first-order chi connectivity index (χ1) is 10.3. The van der Waals surface area contributed by atoms with Gasteiger partial charge in [-0.15, -0.1) is 0 Å². The van der Waals surface area contributed by atoms with Crippen molar-refractivity contribution in [3.05, 3.63) is 29.6 Å². The van der Waals surface area contributed by atoms with Crippen LogP contribution in [-0.4, -0.2) is 21.0 Å². The van der Waals surface area contributed by atoms with Crippen molar-refractivity contribution in [2.75, 3.05) is 0 Å². The molecule has 114 valence electrons. The fourth-order valence-corrected chi connectivity index (χ4v) is 3.63. The number of nitrogens with one attached hydrogen (secondary N) is 1. The molecule has 2 N–H and O–H groups in total. The molecule has 0 radical (unpaired) electrons. The highest BCUT2D eigenvalue weighted by molar-refractivity contribution is 5.78. The topological polar surface area (TPSA) is 89.8 Å². The Morgan fingerprint density at radius 2 is 2.18 bits per heavy atom. The lowest BCUT2D eigenvalue weighted by Gasteiger charge is -2.37. The van der Waals surface area contributed by atoms with Gasteiger partial charge in [0.2, 0.25) is 0 Å². The molecule has 2 aromatic rings. The maximum Gasteiger partial charge on any atom is 0.309 e. The highest BCUT2D eigenvalue weighted by atomic mass is 16.4. The van der Waals surface area contributed by atoms with Crippen molar-refractivity contribution >= 4 is 17.0 Å². The van der Waals surface area contributed by atoms with E-state index in [1.165, 1.54) is 0 Å². The Morgan fingerprint density at radius 3 is 2.77 bits per heavy atom. The van der Waals surface area contributed by atoms with Crippen molar-refractivity contribution in [3.63, 3.8) is 0 Å². The van der Waals surface area contributed by atoms with Crippen LogP contribution in [0.3, 0.4) is 0 Å². The van der Waals surface area contributed by atoms with Gasteiger partial charge in [0, 0.05) is 5.92 Å². The summed E-state index contributed by atoms with van der Waals surface area (Å²) in [5, 5.41) is 18.6. The Hall–Kier alpha value is -2.35. The zero-order valence-corrected chi connectivity index (χ0v) is 13.0. The van der Waals surface area contributed by atoms with Gasteiger partial charge in [0.05, 0.1) is 28.1 Å². The van der Waals surface area contributed by atoms with Crippen molar-refractivity contribution in [2.45, 2.75) is 39.5 Å². The fraction of sp³-hybridized carbons (Fsp3) is 0.471. The lowest BCUT2D eigenvalue weighted by Crippen LogP contribution is -2.40. The monoisotopic (exact) mass is 297 g/mol. The first kappa shape index (κ1) is 14.6.